The Morgan fingerprint density at radius 2 is 1.54 bits per heavy atom. The molecular weight excluding hydrogens is 310 g/mol. The van der Waals surface area contributed by atoms with Crippen molar-refractivity contribution < 1.29 is 24.1 Å². The van der Waals surface area contributed by atoms with E-state index in [1.54, 1.807) is 6.92 Å². The normalized spacial score (nSPS) is 17.4. The second kappa shape index (κ2) is 7.25. The van der Waals surface area contributed by atoms with Crippen LogP contribution in [0.1, 0.15) is 32.8 Å². The van der Waals surface area contributed by atoms with Gasteiger partial charge in [-0.25, -0.2) is 9.78 Å². The van der Waals surface area contributed by atoms with Crippen LogP contribution in [-0.4, -0.2) is 36.2 Å². The van der Waals surface area contributed by atoms with Crippen LogP contribution in [0.15, 0.2) is 42.5 Å². The predicted molar refractivity (Wildman–Crippen MR) is 87.5 cm³/mol. The van der Waals surface area contributed by atoms with Crippen LogP contribution in [-0.2, 0) is 29.7 Å². The fourth-order valence-corrected chi connectivity index (χ4v) is 2.22. The first-order valence-electron chi connectivity index (χ1n) is 7.78. The predicted octanol–water partition coefficient (Wildman–Crippen LogP) is 2.55. The molecule has 1 aliphatic rings. The monoisotopic (exact) mass is 333 g/mol. The zero-order chi connectivity index (χ0) is 17.8. The van der Waals surface area contributed by atoms with Gasteiger partial charge >= 0.3 is 0 Å². The molecule has 1 aliphatic heterocycles. The summed E-state index contributed by atoms with van der Waals surface area (Å²) in [4.78, 5) is 35.5. The van der Waals surface area contributed by atoms with E-state index in [0.29, 0.717) is 0 Å². The minimum atomic E-state index is -1.09. The van der Waals surface area contributed by atoms with Gasteiger partial charge < -0.3 is 4.74 Å². The third kappa shape index (κ3) is 4.29. The second-order valence-electron chi connectivity index (χ2n) is 6.29. The molecule has 1 aromatic rings. The Hall–Kier alpha value is -2.02. The quantitative estimate of drug-likeness (QED) is 0.317. The van der Waals surface area contributed by atoms with Crippen LogP contribution < -0.4 is 0 Å². The summed E-state index contributed by atoms with van der Waals surface area (Å²) in [5, 5.41) is 0. The molecule has 2 amide bonds. The Morgan fingerprint density at radius 1 is 0.958 bits per heavy atom. The molecule has 0 N–H and O–H groups in total. The molecular formula is C18H23NO5. The molecule has 0 bridgehead atoms. The van der Waals surface area contributed by atoms with Gasteiger partial charge in [0.05, 0.1) is 0 Å². The molecule has 0 aliphatic carbocycles. The number of carbonyl (C=O) groups excluding carboxylic acids is 2. The third-order valence-electron chi connectivity index (χ3n) is 4.02. The van der Waals surface area contributed by atoms with E-state index >= 15 is 0 Å². The summed E-state index contributed by atoms with van der Waals surface area (Å²) >= 11 is 0. The fraction of sp³-hybridized carbons (Fsp3) is 0.444. The van der Waals surface area contributed by atoms with Crippen LogP contribution in [0.4, 0.5) is 0 Å². The van der Waals surface area contributed by atoms with Gasteiger partial charge in [-0.1, -0.05) is 30.3 Å². The molecule has 0 saturated heterocycles. The largest absolute Gasteiger partial charge is 0.351 e. The number of ether oxygens (including phenoxy) is 1. The van der Waals surface area contributed by atoms with Gasteiger partial charge in [-0.05, 0) is 26.3 Å². The molecule has 2 rings (SSSR count). The lowest BCUT2D eigenvalue weighted by molar-refractivity contribution is -0.458. The highest BCUT2D eigenvalue weighted by Crippen LogP contribution is 2.28. The van der Waals surface area contributed by atoms with E-state index in [-0.39, 0.29) is 24.8 Å². The Bertz CT molecular complexity index is 608. The summed E-state index contributed by atoms with van der Waals surface area (Å²) in [6.07, 6.45) is 2.79. The molecule has 0 saturated carbocycles. The smallest absolute Gasteiger partial charge is 0.253 e. The highest BCUT2D eigenvalue weighted by Gasteiger charge is 2.34. The van der Waals surface area contributed by atoms with Crippen molar-refractivity contribution in [2.45, 2.75) is 38.6 Å². The van der Waals surface area contributed by atoms with Crippen LogP contribution in [0.25, 0.3) is 0 Å². The van der Waals surface area contributed by atoms with E-state index in [0.717, 1.165) is 10.5 Å². The molecule has 1 aromatic carbocycles. The summed E-state index contributed by atoms with van der Waals surface area (Å²) in [5.74, 6) is -1.75. The maximum Gasteiger partial charge on any atom is 0.253 e. The lowest BCUT2D eigenvalue weighted by Gasteiger charge is -2.33. The number of nitrogens with zero attached hydrogens (tertiary/aromatic N) is 1. The van der Waals surface area contributed by atoms with Gasteiger partial charge in [-0.2, -0.15) is 0 Å². The van der Waals surface area contributed by atoms with E-state index in [2.05, 4.69) is 0 Å². The lowest BCUT2D eigenvalue weighted by atomic mass is 9.99. The summed E-state index contributed by atoms with van der Waals surface area (Å²) in [5.41, 5.74) is 0.277. The van der Waals surface area contributed by atoms with E-state index < -0.39 is 11.4 Å². The first-order valence-corrected chi connectivity index (χ1v) is 7.78. The number of rotatable bonds is 8. The Labute approximate surface area is 141 Å². The molecule has 130 valence electrons. The van der Waals surface area contributed by atoms with Crippen molar-refractivity contribution in [3.63, 3.8) is 0 Å². The number of benzene rings is 1. The molecule has 1 unspecified atom stereocenters. The van der Waals surface area contributed by atoms with E-state index in [1.165, 1.54) is 19.3 Å². The first kappa shape index (κ1) is 18.3. The van der Waals surface area contributed by atoms with Crippen molar-refractivity contribution in [3.8, 4) is 0 Å². The highest BCUT2D eigenvalue weighted by atomic mass is 17.2. The zero-order valence-corrected chi connectivity index (χ0v) is 14.4. The van der Waals surface area contributed by atoms with Crippen LogP contribution in [0.2, 0.25) is 0 Å². The number of hydrogen-bond donors (Lipinski definition) is 0. The third-order valence-corrected chi connectivity index (χ3v) is 4.02. The molecule has 0 radical (unpaired) electrons. The van der Waals surface area contributed by atoms with Gasteiger partial charge in [0.2, 0.25) is 0 Å². The van der Waals surface area contributed by atoms with E-state index in [1.807, 2.05) is 44.2 Å². The van der Waals surface area contributed by atoms with Crippen LogP contribution in [0, 0.1) is 0 Å². The maximum absolute atomic E-state index is 11.6. The van der Waals surface area contributed by atoms with Gasteiger partial charge in [-0.15, -0.1) is 0 Å². The number of imide groups is 1. The Morgan fingerprint density at radius 3 is 2.08 bits per heavy atom. The molecule has 0 fully saturated rings. The van der Waals surface area contributed by atoms with Gasteiger partial charge in [-0.3, -0.25) is 14.5 Å². The molecule has 6 nitrogen and oxygen atoms in total. The van der Waals surface area contributed by atoms with Gasteiger partial charge in [0.15, 0.2) is 5.79 Å². The van der Waals surface area contributed by atoms with Gasteiger partial charge in [0.25, 0.3) is 11.8 Å². The first-order chi connectivity index (χ1) is 11.3. The van der Waals surface area contributed by atoms with Crippen molar-refractivity contribution >= 4 is 11.8 Å². The highest BCUT2D eigenvalue weighted by molar-refractivity contribution is 6.12. The van der Waals surface area contributed by atoms with Crippen molar-refractivity contribution in [1.29, 1.82) is 0 Å². The van der Waals surface area contributed by atoms with Crippen molar-refractivity contribution in [3.05, 3.63) is 48.0 Å². The molecule has 1 atom stereocenters. The number of carbonyl (C=O) groups is 2. The maximum atomic E-state index is 11.6. The molecule has 24 heavy (non-hydrogen) atoms. The number of amides is 2. The van der Waals surface area contributed by atoms with Crippen LogP contribution in [0.5, 0.6) is 0 Å². The molecule has 6 heteroatoms. The lowest BCUT2D eigenvalue weighted by Crippen LogP contribution is -2.40. The summed E-state index contributed by atoms with van der Waals surface area (Å²) in [6, 6.07) is 9.67. The average molecular weight is 333 g/mol. The number of methoxy groups -OCH3 is 1. The summed E-state index contributed by atoms with van der Waals surface area (Å²) in [7, 11) is 1.49. The van der Waals surface area contributed by atoms with Crippen LogP contribution >= 0.6 is 0 Å². The standard InChI is InChI=1S/C18H23NO5/c1-17(2,14-8-6-5-7-9-14)23-24-18(3,22-4)12-13-19-15(20)10-11-16(19)21/h5-11H,12-13H2,1-4H3. The fourth-order valence-electron chi connectivity index (χ4n) is 2.22. The average Bonchev–Trinajstić information content (AvgIpc) is 2.90. The van der Waals surface area contributed by atoms with Gasteiger partial charge in [0, 0.05) is 32.2 Å². The molecule has 0 aromatic heterocycles. The van der Waals surface area contributed by atoms with E-state index in [4.69, 9.17) is 14.5 Å². The minimum Gasteiger partial charge on any atom is -0.351 e. The van der Waals surface area contributed by atoms with Crippen LogP contribution in [0.3, 0.4) is 0 Å². The minimum absolute atomic E-state index is 0.185. The van der Waals surface area contributed by atoms with Crippen molar-refractivity contribution in [1.82, 2.24) is 4.90 Å². The van der Waals surface area contributed by atoms with Gasteiger partial charge in [0.1, 0.15) is 5.60 Å². The van der Waals surface area contributed by atoms with Crippen molar-refractivity contribution in [2.75, 3.05) is 13.7 Å². The zero-order valence-electron chi connectivity index (χ0n) is 14.4. The SMILES string of the molecule is COC(C)(CCN1C(=O)C=CC1=O)OOC(C)(C)c1ccccc1. The Kier molecular flexibility index (Phi) is 5.54. The summed E-state index contributed by atoms with van der Waals surface area (Å²) in [6.45, 7) is 5.66. The number of hydrogen-bond acceptors (Lipinski definition) is 5. The topological polar surface area (TPSA) is 65.1 Å². The molecule has 1 heterocycles. The Balaban J connectivity index is 1.95. The molecule has 0 spiro atoms. The second-order valence-corrected chi connectivity index (χ2v) is 6.29. The summed E-state index contributed by atoms with van der Waals surface area (Å²) < 4.78 is 5.38. The van der Waals surface area contributed by atoms with E-state index in [9.17, 15) is 9.59 Å². The van der Waals surface area contributed by atoms with Crippen molar-refractivity contribution in [2.24, 2.45) is 0 Å².